The standard InChI is InChI=1S/C46H38N2S2/c1-4-12-41-37(8-1)45-40(11-7-15-44(45)49-41)47(34-18-16-33(17-19-34)46-27-30-24-31(28-46)26-32(25-30)29-46)35-20-22-36(23-21-35)48-38-9-2-5-13-42(38)50-43-14-6-3-10-39(43)48/h1-23,30-32H,24-29H2. The second-order valence-corrected chi connectivity index (χ2v) is 17.4. The van der Waals surface area contributed by atoms with E-state index in [-0.39, 0.29) is 0 Å². The lowest BCUT2D eigenvalue weighted by Crippen LogP contribution is -2.48. The molecular weight excluding hydrogens is 645 g/mol. The highest BCUT2D eigenvalue weighted by atomic mass is 32.2. The van der Waals surface area contributed by atoms with Crippen molar-refractivity contribution in [1.29, 1.82) is 0 Å². The summed E-state index contributed by atoms with van der Waals surface area (Å²) in [6, 6.07) is 52.3. The molecule has 4 bridgehead atoms. The molecule has 0 unspecified atom stereocenters. The molecule has 0 N–H and O–H groups in total. The maximum atomic E-state index is 2.50. The van der Waals surface area contributed by atoms with Crippen LogP contribution in [0.5, 0.6) is 0 Å². The Kier molecular flexibility index (Phi) is 6.58. The van der Waals surface area contributed by atoms with Crippen LogP contribution >= 0.6 is 23.1 Å². The van der Waals surface area contributed by atoms with Gasteiger partial charge in [0.15, 0.2) is 0 Å². The molecule has 0 saturated heterocycles. The summed E-state index contributed by atoms with van der Waals surface area (Å²) >= 11 is 3.75. The molecule has 4 aliphatic carbocycles. The van der Waals surface area contributed by atoms with Gasteiger partial charge in [-0.3, -0.25) is 0 Å². The molecule has 2 nitrogen and oxygen atoms in total. The van der Waals surface area contributed by atoms with Crippen LogP contribution in [0, 0.1) is 17.8 Å². The third-order valence-corrected chi connectivity index (χ3v) is 14.5. The summed E-state index contributed by atoms with van der Waals surface area (Å²) in [5.74, 6) is 2.83. The van der Waals surface area contributed by atoms with Crippen molar-refractivity contribution in [3.63, 3.8) is 0 Å². The Labute approximate surface area is 302 Å². The summed E-state index contributed by atoms with van der Waals surface area (Å²) in [7, 11) is 0. The quantitative estimate of drug-likeness (QED) is 0.178. The fraction of sp³-hybridized carbons (Fsp3) is 0.217. The van der Waals surface area contributed by atoms with E-state index >= 15 is 0 Å². The van der Waals surface area contributed by atoms with Crippen molar-refractivity contribution in [2.75, 3.05) is 9.80 Å². The van der Waals surface area contributed by atoms with Crippen molar-refractivity contribution in [3.8, 4) is 0 Å². The van der Waals surface area contributed by atoms with Gasteiger partial charge in [-0.2, -0.15) is 0 Å². The van der Waals surface area contributed by atoms with Crippen LogP contribution in [0.4, 0.5) is 34.1 Å². The zero-order chi connectivity index (χ0) is 32.8. The lowest BCUT2D eigenvalue weighted by atomic mass is 9.48. The Bertz CT molecular complexity index is 2330. The Morgan fingerprint density at radius 1 is 0.540 bits per heavy atom. The molecule has 4 heteroatoms. The van der Waals surface area contributed by atoms with Crippen LogP contribution in [0.3, 0.4) is 0 Å². The molecule has 50 heavy (non-hydrogen) atoms. The van der Waals surface area contributed by atoms with Crippen molar-refractivity contribution in [2.24, 2.45) is 17.8 Å². The van der Waals surface area contributed by atoms with Gasteiger partial charge >= 0.3 is 0 Å². The number of hydrogen-bond donors (Lipinski definition) is 0. The molecule has 4 fully saturated rings. The first kappa shape index (κ1) is 29.2. The van der Waals surface area contributed by atoms with Gasteiger partial charge in [0.1, 0.15) is 0 Å². The van der Waals surface area contributed by atoms with Crippen molar-refractivity contribution in [1.82, 2.24) is 0 Å². The normalized spacial score (nSPS) is 23.3. The van der Waals surface area contributed by atoms with Crippen molar-refractivity contribution >= 4 is 77.4 Å². The third kappa shape index (κ3) is 4.54. The number of anilines is 6. The predicted octanol–water partition coefficient (Wildman–Crippen LogP) is 13.9. The molecule has 12 rings (SSSR count). The minimum atomic E-state index is 0.392. The highest BCUT2D eigenvalue weighted by molar-refractivity contribution is 7.99. The molecule has 7 aromatic rings. The molecule has 4 saturated carbocycles. The average molecular weight is 683 g/mol. The Hall–Kier alpha value is -4.51. The van der Waals surface area contributed by atoms with E-state index in [4.69, 9.17) is 0 Å². The molecule has 0 atom stereocenters. The molecule has 2 heterocycles. The van der Waals surface area contributed by atoms with Gasteiger partial charge in [-0.05, 0) is 146 Å². The maximum absolute atomic E-state index is 2.50. The summed E-state index contributed by atoms with van der Waals surface area (Å²) < 4.78 is 2.66. The smallest absolute Gasteiger partial charge is 0.0601 e. The number of thiophene rings is 1. The highest BCUT2D eigenvalue weighted by Gasteiger charge is 2.51. The van der Waals surface area contributed by atoms with Gasteiger partial charge in [0.25, 0.3) is 0 Å². The van der Waals surface area contributed by atoms with E-state index < -0.39 is 0 Å². The molecule has 1 aromatic heterocycles. The lowest BCUT2D eigenvalue weighted by molar-refractivity contribution is -0.00518. The zero-order valence-corrected chi connectivity index (χ0v) is 29.6. The molecular formula is C46H38N2S2. The van der Waals surface area contributed by atoms with E-state index in [1.165, 1.54) is 103 Å². The van der Waals surface area contributed by atoms with E-state index in [9.17, 15) is 0 Å². The monoisotopic (exact) mass is 682 g/mol. The van der Waals surface area contributed by atoms with Gasteiger partial charge in [0.05, 0.1) is 17.1 Å². The van der Waals surface area contributed by atoms with E-state index in [1.54, 1.807) is 5.56 Å². The van der Waals surface area contributed by atoms with Crippen molar-refractivity contribution < 1.29 is 0 Å². The predicted molar refractivity (Wildman–Crippen MR) is 213 cm³/mol. The highest BCUT2D eigenvalue weighted by Crippen LogP contribution is 2.61. The molecule has 0 radical (unpaired) electrons. The van der Waals surface area contributed by atoms with Gasteiger partial charge < -0.3 is 9.80 Å². The zero-order valence-electron chi connectivity index (χ0n) is 28.0. The Morgan fingerprint density at radius 3 is 1.76 bits per heavy atom. The molecule has 5 aliphatic rings. The molecule has 1 aliphatic heterocycles. The average Bonchev–Trinajstić information content (AvgIpc) is 3.54. The maximum Gasteiger partial charge on any atom is 0.0601 e. The van der Waals surface area contributed by atoms with Gasteiger partial charge in [-0.25, -0.2) is 0 Å². The molecule has 0 amide bonds. The van der Waals surface area contributed by atoms with Gasteiger partial charge in [-0.15, -0.1) is 11.3 Å². The van der Waals surface area contributed by atoms with Crippen molar-refractivity contribution in [3.05, 3.63) is 145 Å². The number of benzene rings is 6. The topological polar surface area (TPSA) is 6.48 Å². The van der Waals surface area contributed by atoms with E-state index in [0.29, 0.717) is 5.41 Å². The first-order chi connectivity index (χ1) is 24.7. The summed E-state index contributed by atoms with van der Waals surface area (Å²) in [5.41, 5.74) is 9.24. The SMILES string of the molecule is c1ccc2c(c1)Sc1ccccc1N2c1ccc(N(c2ccc(C34CC5CC(CC(C5)C3)C4)cc2)c2cccc3sc4ccccc4c23)cc1. The number of rotatable bonds is 5. The van der Waals surface area contributed by atoms with Crippen LogP contribution in [0.15, 0.2) is 149 Å². The van der Waals surface area contributed by atoms with Crippen LogP contribution in [0.25, 0.3) is 20.2 Å². The number of para-hydroxylation sites is 2. The summed E-state index contributed by atoms with van der Waals surface area (Å²) in [6.45, 7) is 0. The number of hydrogen-bond acceptors (Lipinski definition) is 4. The van der Waals surface area contributed by atoms with Gasteiger partial charge in [-0.1, -0.05) is 72.4 Å². The fourth-order valence-electron chi connectivity index (χ4n) is 10.5. The largest absolute Gasteiger partial charge is 0.310 e. The van der Waals surface area contributed by atoms with E-state index in [2.05, 4.69) is 149 Å². The van der Waals surface area contributed by atoms with Crippen LogP contribution in [0.1, 0.15) is 44.1 Å². The van der Waals surface area contributed by atoms with Gasteiger partial charge in [0.2, 0.25) is 0 Å². The minimum absolute atomic E-state index is 0.392. The summed E-state index contributed by atoms with van der Waals surface area (Å²) in [4.78, 5) is 7.49. The van der Waals surface area contributed by atoms with Gasteiger partial charge in [0, 0.05) is 47.0 Å². The first-order valence-corrected chi connectivity index (χ1v) is 19.9. The first-order valence-electron chi connectivity index (χ1n) is 18.3. The second kappa shape index (κ2) is 11.2. The van der Waals surface area contributed by atoms with Crippen LogP contribution in [-0.4, -0.2) is 0 Å². The van der Waals surface area contributed by atoms with Crippen LogP contribution in [0.2, 0.25) is 0 Å². The Morgan fingerprint density at radius 2 is 1.10 bits per heavy atom. The third-order valence-electron chi connectivity index (χ3n) is 12.2. The fourth-order valence-corrected chi connectivity index (χ4v) is 12.7. The van der Waals surface area contributed by atoms with E-state index in [1.807, 2.05) is 23.1 Å². The minimum Gasteiger partial charge on any atom is -0.310 e. The van der Waals surface area contributed by atoms with E-state index in [0.717, 1.165) is 17.8 Å². The number of fused-ring (bicyclic) bond motifs is 5. The molecule has 0 spiro atoms. The summed E-state index contributed by atoms with van der Waals surface area (Å²) in [5, 5.41) is 2.66. The van der Waals surface area contributed by atoms with Crippen molar-refractivity contribution in [2.45, 2.75) is 53.7 Å². The second-order valence-electron chi connectivity index (χ2n) is 15.2. The number of nitrogens with zero attached hydrogens (tertiary/aromatic N) is 2. The summed E-state index contributed by atoms with van der Waals surface area (Å²) in [6.07, 6.45) is 8.62. The lowest BCUT2D eigenvalue weighted by Gasteiger charge is -2.57. The molecule has 6 aromatic carbocycles. The van der Waals surface area contributed by atoms with Crippen LogP contribution in [-0.2, 0) is 5.41 Å². The molecule has 244 valence electrons. The van der Waals surface area contributed by atoms with Crippen LogP contribution < -0.4 is 9.80 Å². The Balaban J connectivity index is 1.04.